The molecule has 1 N–H and O–H groups in total. The highest BCUT2D eigenvalue weighted by atomic mass is 19.4. The Balaban J connectivity index is 1.51. The van der Waals surface area contributed by atoms with Gasteiger partial charge in [-0.2, -0.15) is 36.5 Å². The summed E-state index contributed by atoms with van der Waals surface area (Å²) in [5, 5.41) is 9.62. The molecule has 1 amide bonds. The molecule has 4 rings (SSSR count). The van der Waals surface area contributed by atoms with Crippen molar-refractivity contribution in [1.29, 1.82) is 0 Å². The molecule has 0 unspecified atom stereocenters. The van der Waals surface area contributed by atoms with Crippen molar-refractivity contribution in [1.82, 2.24) is 24.9 Å². The Hall–Kier alpha value is -4.16. The van der Waals surface area contributed by atoms with Gasteiger partial charge in [0, 0.05) is 24.5 Å². The van der Waals surface area contributed by atoms with E-state index in [4.69, 9.17) is 0 Å². The van der Waals surface area contributed by atoms with Crippen molar-refractivity contribution in [3.05, 3.63) is 106 Å². The third-order valence-electron chi connectivity index (χ3n) is 5.60. The Morgan fingerprint density at radius 2 is 1.53 bits per heavy atom. The van der Waals surface area contributed by atoms with Crippen molar-refractivity contribution < 1.29 is 35.5 Å². The maximum atomic E-state index is 14.0. The smallest absolute Gasteiger partial charge is 0.348 e. The highest BCUT2D eigenvalue weighted by Gasteiger charge is 2.39. The number of carbonyl (C=O) groups excluding carboxylic acids is 1. The maximum Gasteiger partial charge on any atom is 0.435 e. The zero-order chi connectivity index (χ0) is 27.7. The molecule has 2 aromatic heterocycles. The Kier molecular flexibility index (Phi) is 7.29. The third kappa shape index (κ3) is 6.21. The van der Waals surface area contributed by atoms with Crippen molar-refractivity contribution in [2.45, 2.75) is 38.9 Å². The number of benzene rings is 2. The molecular formula is C25H20F7N5O. The number of carbonyl (C=O) groups is 1. The second-order valence-corrected chi connectivity index (χ2v) is 8.56. The molecule has 0 spiro atoms. The van der Waals surface area contributed by atoms with Crippen LogP contribution in [-0.2, 0) is 32.0 Å². The molecule has 6 nitrogen and oxygen atoms in total. The van der Waals surface area contributed by atoms with Gasteiger partial charge in [-0.3, -0.25) is 14.2 Å². The summed E-state index contributed by atoms with van der Waals surface area (Å²) in [4.78, 5) is 12.6. The lowest BCUT2D eigenvalue weighted by Crippen LogP contribution is -2.27. The zero-order valence-electron chi connectivity index (χ0n) is 19.7. The second kappa shape index (κ2) is 10.3. The SMILES string of the molecule is Cc1cnn(Cc2ccc(Cn3cc(C(=O)NCc4c(F)cccc4C(F)(F)F)c(C(F)(F)F)n3)cc2)c1. The highest BCUT2D eigenvalue weighted by Crippen LogP contribution is 2.34. The first-order valence-corrected chi connectivity index (χ1v) is 11.2. The van der Waals surface area contributed by atoms with Crippen LogP contribution < -0.4 is 5.32 Å². The van der Waals surface area contributed by atoms with Gasteiger partial charge in [0.1, 0.15) is 5.82 Å². The molecule has 0 radical (unpaired) electrons. The van der Waals surface area contributed by atoms with Crippen LogP contribution in [-0.4, -0.2) is 25.5 Å². The number of hydrogen-bond acceptors (Lipinski definition) is 3. The van der Waals surface area contributed by atoms with Gasteiger partial charge in [-0.05, 0) is 35.7 Å². The molecular weight excluding hydrogens is 519 g/mol. The molecule has 0 saturated heterocycles. The van der Waals surface area contributed by atoms with Gasteiger partial charge in [-0.15, -0.1) is 0 Å². The van der Waals surface area contributed by atoms with Gasteiger partial charge in [0.2, 0.25) is 0 Å². The molecule has 0 atom stereocenters. The van der Waals surface area contributed by atoms with Gasteiger partial charge in [0.05, 0.1) is 30.4 Å². The molecule has 2 aromatic carbocycles. The summed E-state index contributed by atoms with van der Waals surface area (Å²) in [6.07, 6.45) is -5.51. The summed E-state index contributed by atoms with van der Waals surface area (Å²) in [5.41, 5.74) is -2.14. The number of halogens is 7. The normalized spacial score (nSPS) is 12.1. The largest absolute Gasteiger partial charge is 0.435 e. The van der Waals surface area contributed by atoms with Gasteiger partial charge in [-0.25, -0.2) is 4.39 Å². The van der Waals surface area contributed by atoms with E-state index in [0.29, 0.717) is 18.2 Å². The van der Waals surface area contributed by atoms with Crippen LogP contribution in [0.4, 0.5) is 30.7 Å². The average Bonchev–Trinajstić information content (AvgIpc) is 3.44. The van der Waals surface area contributed by atoms with Crippen molar-refractivity contribution in [3.63, 3.8) is 0 Å². The Bertz CT molecular complexity index is 1440. The summed E-state index contributed by atoms with van der Waals surface area (Å²) >= 11 is 0. The number of nitrogens with one attached hydrogen (secondary N) is 1. The van der Waals surface area contributed by atoms with Crippen LogP contribution in [0.15, 0.2) is 61.1 Å². The Labute approximate surface area is 211 Å². The van der Waals surface area contributed by atoms with E-state index in [1.807, 2.05) is 18.4 Å². The van der Waals surface area contributed by atoms with Crippen LogP contribution in [0.2, 0.25) is 0 Å². The minimum Gasteiger partial charge on any atom is -0.348 e. The van der Waals surface area contributed by atoms with E-state index in [-0.39, 0.29) is 6.54 Å². The molecule has 0 aliphatic rings. The molecule has 4 aromatic rings. The molecule has 0 aliphatic carbocycles. The summed E-state index contributed by atoms with van der Waals surface area (Å²) in [6, 6.07) is 9.17. The van der Waals surface area contributed by atoms with Crippen LogP contribution >= 0.6 is 0 Å². The molecule has 0 bridgehead atoms. The molecule has 38 heavy (non-hydrogen) atoms. The van der Waals surface area contributed by atoms with Crippen LogP contribution in [0.25, 0.3) is 0 Å². The summed E-state index contributed by atoms with van der Waals surface area (Å²) < 4.78 is 97.1. The van der Waals surface area contributed by atoms with Crippen molar-refractivity contribution in [2.75, 3.05) is 0 Å². The van der Waals surface area contributed by atoms with Crippen molar-refractivity contribution in [2.24, 2.45) is 0 Å². The summed E-state index contributed by atoms with van der Waals surface area (Å²) in [7, 11) is 0. The van der Waals surface area contributed by atoms with Crippen molar-refractivity contribution >= 4 is 5.91 Å². The lowest BCUT2D eigenvalue weighted by molar-refractivity contribution is -0.141. The number of aromatic nitrogens is 4. The number of hydrogen-bond donors (Lipinski definition) is 1. The van der Waals surface area contributed by atoms with E-state index in [1.54, 1.807) is 35.1 Å². The molecule has 0 fully saturated rings. The summed E-state index contributed by atoms with van der Waals surface area (Å²) in [6.45, 7) is 1.32. The first-order valence-electron chi connectivity index (χ1n) is 11.2. The van der Waals surface area contributed by atoms with Gasteiger partial charge < -0.3 is 5.32 Å². The Morgan fingerprint density at radius 1 is 0.895 bits per heavy atom. The summed E-state index contributed by atoms with van der Waals surface area (Å²) in [5.74, 6) is -2.59. The lowest BCUT2D eigenvalue weighted by Gasteiger charge is -2.14. The van der Waals surface area contributed by atoms with Gasteiger partial charge in [0.25, 0.3) is 5.91 Å². The highest BCUT2D eigenvalue weighted by molar-refractivity contribution is 5.95. The van der Waals surface area contributed by atoms with Crippen LogP contribution in [0.1, 0.15) is 43.9 Å². The average molecular weight is 539 g/mol. The van der Waals surface area contributed by atoms with E-state index in [1.165, 1.54) is 0 Å². The monoisotopic (exact) mass is 539 g/mol. The van der Waals surface area contributed by atoms with Crippen LogP contribution in [0, 0.1) is 12.7 Å². The number of alkyl halides is 6. The number of aryl methyl sites for hydroxylation is 1. The molecule has 0 saturated carbocycles. The molecule has 2 heterocycles. The van der Waals surface area contributed by atoms with E-state index in [9.17, 15) is 35.5 Å². The van der Waals surface area contributed by atoms with E-state index in [0.717, 1.165) is 34.1 Å². The van der Waals surface area contributed by atoms with Gasteiger partial charge in [0.15, 0.2) is 5.69 Å². The quantitative estimate of drug-likeness (QED) is 0.312. The minimum absolute atomic E-state index is 0.108. The first-order chi connectivity index (χ1) is 17.8. The lowest BCUT2D eigenvalue weighted by atomic mass is 10.1. The molecule has 0 aliphatic heterocycles. The second-order valence-electron chi connectivity index (χ2n) is 8.56. The third-order valence-corrected chi connectivity index (χ3v) is 5.60. The Morgan fingerprint density at radius 3 is 2.08 bits per heavy atom. The molecule has 13 heteroatoms. The standard InChI is InChI=1S/C25H20F7N5O/c1-15-9-34-36(11-15)12-16-5-7-17(8-6-16)13-37-14-19(22(35-37)25(30,31)32)23(38)33-10-18-20(24(27,28)29)3-2-4-21(18)26/h2-9,11,14H,10,12-13H2,1H3,(H,33,38). The van der Waals surface area contributed by atoms with E-state index in [2.05, 4.69) is 10.2 Å². The topological polar surface area (TPSA) is 64.7 Å². The predicted molar refractivity (Wildman–Crippen MR) is 121 cm³/mol. The van der Waals surface area contributed by atoms with Crippen molar-refractivity contribution in [3.8, 4) is 0 Å². The number of nitrogens with zero attached hydrogens (tertiary/aromatic N) is 4. The predicted octanol–water partition coefficient (Wildman–Crippen LogP) is 5.59. The minimum atomic E-state index is -5.02. The fraction of sp³-hybridized carbons (Fsp3) is 0.240. The van der Waals surface area contributed by atoms with E-state index < -0.39 is 53.0 Å². The zero-order valence-corrected chi connectivity index (χ0v) is 19.7. The van der Waals surface area contributed by atoms with Crippen LogP contribution in [0.3, 0.4) is 0 Å². The van der Waals surface area contributed by atoms with E-state index >= 15 is 0 Å². The maximum absolute atomic E-state index is 14.0. The van der Waals surface area contributed by atoms with Gasteiger partial charge >= 0.3 is 12.4 Å². The van der Waals surface area contributed by atoms with Gasteiger partial charge in [-0.1, -0.05) is 30.3 Å². The fourth-order valence-corrected chi connectivity index (χ4v) is 3.82. The number of amides is 1. The fourth-order valence-electron chi connectivity index (χ4n) is 3.82. The number of rotatable bonds is 7. The molecule has 200 valence electrons. The van der Waals surface area contributed by atoms with Crippen LogP contribution in [0.5, 0.6) is 0 Å². The first kappa shape index (κ1) is 26.9.